The molecule has 22 heavy (non-hydrogen) atoms. The average Bonchev–Trinajstić information content (AvgIpc) is 2.87. The molecule has 0 saturated carbocycles. The fraction of sp³-hybridized carbons (Fsp3) is 0.250. The minimum absolute atomic E-state index is 0.0137. The number of halogens is 1. The van der Waals surface area contributed by atoms with E-state index in [0.717, 1.165) is 9.53 Å². The number of pyridine rings is 1. The van der Waals surface area contributed by atoms with Gasteiger partial charge in [-0.15, -0.1) is 11.3 Å². The minimum atomic E-state index is -0.646. The quantitative estimate of drug-likeness (QED) is 0.694. The smallest absolute Gasteiger partial charge is 0.343 e. The van der Waals surface area contributed by atoms with Gasteiger partial charge in [-0.3, -0.25) is 4.79 Å². The van der Waals surface area contributed by atoms with Crippen LogP contribution in [0.4, 0.5) is 4.39 Å². The highest BCUT2D eigenvalue weighted by Gasteiger charge is 2.19. The van der Waals surface area contributed by atoms with E-state index < -0.39 is 17.2 Å². The zero-order valence-electron chi connectivity index (χ0n) is 12.2. The third kappa shape index (κ3) is 2.20. The zero-order valence-corrected chi connectivity index (χ0v) is 13.0. The summed E-state index contributed by atoms with van der Waals surface area (Å²) >= 11 is 1.41. The lowest BCUT2D eigenvalue weighted by Crippen LogP contribution is -2.20. The van der Waals surface area contributed by atoms with E-state index in [1.807, 2.05) is 11.5 Å². The van der Waals surface area contributed by atoms with Gasteiger partial charge in [-0.1, -0.05) is 0 Å². The third-order valence-electron chi connectivity index (χ3n) is 3.48. The predicted molar refractivity (Wildman–Crippen MR) is 85.2 cm³/mol. The molecule has 3 aromatic rings. The predicted octanol–water partition coefficient (Wildman–Crippen LogP) is 3.55. The molecular weight excluding hydrogens is 305 g/mol. The summed E-state index contributed by atoms with van der Waals surface area (Å²) in [5.74, 6) is -1.05. The second-order valence-corrected chi connectivity index (χ2v) is 5.83. The van der Waals surface area contributed by atoms with Crippen LogP contribution in [-0.4, -0.2) is 17.1 Å². The number of ether oxygens (including phenoxy) is 1. The van der Waals surface area contributed by atoms with Crippen molar-refractivity contribution in [3.8, 4) is 0 Å². The first-order valence-electron chi connectivity index (χ1n) is 6.99. The van der Waals surface area contributed by atoms with Crippen molar-refractivity contribution < 1.29 is 13.9 Å². The van der Waals surface area contributed by atoms with Gasteiger partial charge in [-0.25, -0.2) is 9.18 Å². The van der Waals surface area contributed by atoms with E-state index in [-0.39, 0.29) is 12.2 Å². The van der Waals surface area contributed by atoms with Gasteiger partial charge >= 0.3 is 5.97 Å². The van der Waals surface area contributed by atoms with Gasteiger partial charge in [-0.05, 0) is 32.0 Å². The summed E-state index contributed by atoms with van der Waals surface area (Å²) in [6.45, 7) is 4.40. The van der Waals surface area contributed by atoms with Gasteiger partial charge in [0, 0.05) is 22.8 Å². The van der Waals surface area contributed by atoms with Crippen molar-refractivity contribution in [2.45, 2.75) is 20.4 Å². The summed E-state index contributed by atoms with van der Waals surface area (Å²) in [6.07, 6.45) is 1.52. The SMILES string of the molecule is CCOC(=O)c1cn(CC)c2sc3ccc(F)cc3c2c1=O. The number of rotatable bonds is 3. The van der Waals surface area contributed by atoms with E-state index in [1.54, 1.807) is 13.0 Å². The van der Waals surface area contributed by atoms with Crippen LogP contribution in [0.2, 0.25) is 0 Å². The molecule has 2 heterocycles. The number of aryl methyl sites for hydroxylation is 1. The number of carbonyl (C=O) groups excluding carboxylic acids is 1. The van der Waals surface area contributed by atoms with Crippen molar-refractivity contribution in [3.05, 3.63) is 46.0 Å². The Morgan fingerprint density at radius 1 is 1.36 bits per heavy atom. The number of thiophene rings is 1. The molecule has 0 spiro atoms. The molecule has 0 unspecified atom stereocenters. The molecule has 0 saturated heterocycles. The zero-order chi connectivity index (χ0) is 15.9. The molecule has 6 heteroatoms. The van der Waals surface area contributed by atoms with Crippen molar-refractivity contribution >= 4 is 37.6 Å². The van der Waals surface area contributed by atoms with Gasteiger partial charge < -0.3 is 9.30 Å². The van der Waals surface area contributed by atoms with Gasteiger partial charge in [-0.2, -0.15) is 0 Å². The number of carbonyl (C=O) groups is 1. The lowest BCUT2D eigenvalue weighted by molar-refractivity contribution is 0.0524. The topological polar surface area (TPSA) is 48.3 Å². The Hall–Kier alpha value is -2.21. The average molecular weight is 319 g/mol. The Labute approximate surface area is 129 Å². The highest BCUT2D eigenvalue weighted by Crippen LogP contribution is 2.32. The fourth-order valence-electron chi connectivity index (χ4n) is 2.48. The van der Waals surface area contributed by atoms with Crippen LogP contribution in [0.1, 0.15) is 24.2 Å². The summed E-state index contributed by atoms with van der Waals surface area (Å²) in [5, 5.41) is 0.922. The van der Waals surface area contributed by atoms with Crippen LogP contribution in [0.5, 0.6) is 0 Å². The molecule has 0 radical (unpaired) electrons. The lowest BCUT2D eigenvalue weighted by atomic mass is 10.1. The molecule has 1 aromatic carbocycles. The van der Waals surface area contributed by atoms with Crippen molar-refractivity contribution in [1.29, 1.82) is 0 Å². The molecule has 114 valence electrons. The Morgan fingerprint density at radius 3 is 2.82 bits per heavy atom. The van der Waals surface area contributed by atoms with Crippen LogP contribution in [0, 0.1) is 5.82 Å². The Balaban J connectivity index is 2.44. The van der Waals surface area contributed by atoms with Gasteiger partial charge in [0.15, 0.2) is 0 Å². The first-order valence-corrected chi connectivity index (χ1v) is 7.80. The highest BCUT2D eigenvalue weighted by atomic mass is 32.1. The number of esters is 1. The van der Waals surface area contributed by atoms with Crippen molar-refractivity contribution in [2.75, 3.05) is 6.61 Å². The van der Waals surface area contributed by atoms with E-state index >= 15 is 0 Å². The highest BCUT2D eigenvalue weighted by molar-refractivity contribution is 7.25. The fourth-order valence-corrected chi connectivity index (χ4v) is 3.69. The molecule has 0 aliphatic carbocycles. The Kier molecular flexibility index (Phi) is 3.70. The summed E-state index contributed by atoms with van der Waals surface area (Å²) in [6, 6.07) is 4.36. The largest absolute Gasteiger partial charge is 0.462 e. The second-order valence-electron chi connectivity index (χ2n) is 4.80. The van der Waals surface area contributed by atoms with Crippen molar-refractivity contribution in [2.24, 2.45) is 0 Å². The summed E-state index contributed by atoms with van der Waals surface area (Å²) in [5.41, 5.74) is -0.421. The van der Waals surface area contributed by atoms with E-state index in [1.165, 1.54) is 29.7 Å². The molecule has 2 aromatic heterocycles. The molecule has 0 bridgehead atoms. The van der Waals surface area contributed by atoms with Crippen LogP contribution in [0.15, 0.2) is 29.2 Å². The van der Waals surface area contributed by atoms with Gasteiger partial charge in [0.2, 0.25) is 5.43 Å². The van der Waals surface area contributed by atoms with E-state index in [2.05, 4.69) is 0 Å². The Morgan fingerprint density at radius 2 is 2.14 bits per heavy atom. The van der Waals surface area contributed by atoms with Crippen LogP contribution in [0.25, 0.3) is 20.3 Å². The first-order chi connectivity index (χ1) is 10.6. The van der Waals surface area contributed by atoms with Crippen LogP contribution < -0.4 is 5.43 Å². The van der Waals surface area contributed by atoms with Gasteiger partial charge in [0.1, 0.15) is 16.2 Å². The molecule has 4 nitrogen and oxygen atoms in total. The third-order valence-corrected chi connectivity index (χ3v) is 4.69. The van der Waals surface area contributed by atoms with E-state index in [4.69, 9.17) is 4.74 Å². The maximum Gasteiger partial charge on any atom is 0.343 e. The molecule has 0 amide bonds. The monoisotopic (exact) mass is 319 g/mol. The number of hydrogen-bond donors (Lipinski definition) is 0. The maximum atomic E-state index is 13.5. The van der Waals surface area contributed by atoms with Crippen molar-refractivity contribution in [3.63, 3.8) is 0 Å². The number of hydrogen-bond acceptors (Lipinski definition) is 4. The van der Waals surface area contributed by atoms with Gasteiger partial charge in [0.05, 0.1) is 12.0 Å². The number of nitrogens with zero attached hydrogens (tertiary/aromatic N) is 1. The summed E-state index contributed by atoms with van der Waals surface area (Å²) in [7, 11) is 0. The van der Waals surface area contributed by atoms with Gasteiger partial charge in [0.25, 0.3) is 0 Å². The van der Waals surface area contributed by atoms with Crippen molar-refractivity contribution in [1.82, 2.24) is 4.57 Å². The standard InChI is InChI=1S/C16H14FNO3S/c1-3-18-8-11(16(20)21-4-2)14(19)13-10-7-9(17)5-6-12(10)22-15(13)18/h5-8H,3-4H2,1-2H3. The van der Waals surface area contributed by atoms with E-state index in [9.17, 15) is 14.0 Å². The van der Waals surface area contributed by atoms with Crippen LogP contribution in [0.3, 0.4) is 0 Å². The molecule has 0 fully saturated rings. The normalized spacial score (nSPS) is 11.2. The van der Waals surface area contributed by atoms with E-state index in [0.29, 0.717) is 17.3 Å². The maximum absolute atomic E-state index is 13.5. The molecular formula is C16H14FNO3S. The summed E-state index contributed by atoms with van der Waals surface area (Å²) in [4.78, 5) is 25.4. The number of benzene rings is 1. The van der Waals surface area contributed by atoms with Crippen LogP contribution >= 0.6 is 11.3 Å². The molecule has 3 rings (SSSR count). The molecule has 0 aliphatic heterocycles. The Bertz CT molecular complexity index is 942. The van der Waals surface area contributed by atoms with Crippen LogP contribution in [-0.2, 0) is 11.3 Å². The molecule has 0 atom stereocenters. The number of aromatic nitrogens is 1. The first kappa shape index (κ1) is 14.7. The minimum Gasteiger partial charge on any atom is -0.462 e. The number of fused-ring (bicyclic) bond motifs is 3. The second kappa shape index (κ2) is 5.53. The lowest BCUT2D eigenvalue weighted by Gasteiger charge is -2.08. The summed E-state index contributed by atoms with van der Waals surface area (Å²) < 4.78 is 21.1. The molecule has 0 N–H and O–H groups in total. The molecule has 0 aliphatic rings.